The quantitative estimate of drug-likeness (QED) is 0.742. The average molecular weight is 349 g/mol. The first-order valence-electron chi connectivity index (χ1n) is 7.37. The summed E-state index contributed by atoms with van der Waals surface area (Å²) in [5.41, 5.74) is 6.40. The first-order valence-corrected chi connectivity index (χ1v) is 7.37. The van der Waals surface area contributed by atoms with Crippen molar-refractivity contribution >= 4 is 16.9 Å². The molecule has 1 aromatic heterocycles. The van der Waals surface area contributed by atoms with Gasteiger partial charge in [0.05, 0.1) is 23.0 Å². The lowest BCUT2D eigenvalue weighted by Crippen LogP contribution is -2.14. The SMILES string of the molecule is NC(=O)Cc1nc2ccc(OCc3ccc(C(F)(F)F)cc3)cc2[nH]1. The van der Waals surface area contributed by atoms with E-state index in [4.69, 9.17) is 10.5 Å². The minimum Gasteiger partial charge on any atom is -0.489 e. The molecule has 130 valence electrons. The number of alkyl halides is 3. The maximum Gasteiger partial charge on any atom is 0.416 e. The fourth-order valence-electron chi connectivity index (χ4n) is 2.34. The second kappa shape index (κ2) is 6.46. The van der Waals surface area contributed by atoms with Gasteiger partial charge in [0.15, 0.2) is 0 Å². The zero-order valence-corrected chi connectivity index (χ0v) is 12.9. The van der Waals surface area contributed by atoms with E-state index in [0.29, 0.717) is 28.2 Å². The molecule has 0 atom stereocenters. The number of carbonyl (C=O) groups excluding carboxylic acids is 1. The van der Waals surface area contributed by atoms with Crippen LogP contribution in [-0.2, 0) is 24.0 Å². The molecule has 0 aliphatic rings. The Hall–Kier alpha value is -3.03. The zero-order valence-electron chi connectivity index (χ0n) is 12.9. The lowest BCUT2D eigenvalue weighted by atomic mass is 10.1. The van der Waals surface area contributed by atoms with Crippen LogP contribution in [0.3, 0.4) is 0 Å². The van der Waals surface area contributed by atoms with Gasteiger partial charge >= 0.3 is 6.18 Å². The number of aromatic amines is 1. The molecule has 2 aromatic carbocycles. The van der Waals surface area contributed by atoms with E-state index in [2.05, 4.69) is 9.97 Å². The number of H-pyrrole nitrogens is 1. The largest absolute Gasteiger partial charge is 0.489 e. The molecule has 0 fully saturated rings. The van der Waals surface area contributed by atoms with Crippen molar-refractivity contribution < 1.29 is 22.7 Å². The number of rotatable bonds is 5. The number of amides is 1. The number of hydrogen-bond acceptors (Lipinski definition) is 3. The monoisotopic (exact) mass is 349 g/mol. The second-order valence-corrected chi connectivity index (χ2v) is 5.49. The van der Waals surface area contributed by atoms with E-state index in [-0.39, 0.29) is 13.0 Å². The smallest absolute Gasteiger partial charge is 0.416 e. The molecule has 25 heavy (non-hydrogen) atoms. The van der Waals surface area contributed by atoms with Crippen LogP contribution >= 0.6 is 0 Å². The molecule has 0 aliphatic carbocycles. The number of nitrogens with zero attached hydrogens (tertiary/aromatic N) is 1. The third kappa shape index (κ3) is 4.09. The highest BCUT2D eigenvalue weighted by atomic mass is 19.4. The van der Waals surface area contributed by atoms with E-state index in [1.807, 2.05) is 0 Å². The van der Waals surface area contributed by atoms with Crippen molar-refractivity contribution in [1.82, 2.24) is 9.97 Å². The van der Waals surface area contributed by atoms with Crippen molar-refractivity contribution in [3.05, 3.63) is 59.4 Å². The summed E-state index contributed by atoms with van der Waals surface area (Å²) in [5.74, 6) is 0.502. The molecule has 5 nitrogen and oxygen atoms in total. The molecule has 0 bridgehead atoms. The lowest BCUT2D eigenvalue weighted by molar-refractivity contribution is -0.137. The van der Waals surface area contributed by atoms with Crippen LogP contribution in [-0.4, -0.2) is 15.9 Å². The van der Waals surface area contributed by atoms with Crippen LogP contribution < -0.4 is 10.5 Å². The van der Waals surface area contributed by atoms with Crippen molar-refractivity contribution in [2.75, 3.05) is 0 Å². The highest BCUT2D eigenvalue weighted by Gasteiger charge is 2.29. The van der Waals surface area contributed by atoms with Gasteiger partial charge in [-0.15, -0.1) is 0 Å². The molecule has 3 aromatic rings. The summed E-state index contributed by atoms with van der Waals surface area (Å²) < 4.78 is 43.2. The van der Waals surface area contributed by atoms with Gasteiger partial charge in [-0.1, -0.05) is 12.1 Å². The standard InChI is InChI=1S/C17H14F3N3O2/c18-17(19,20)11-3-1-10(2-4-11)9-25-12-5-6-13-14(7-12)23-16(22-13)8-15(21)24/h1-7H,8-9H2,(H2,21,24)(H,22,23). The molecule has 0 radical (unpaired) electrons. The minimum atomic E-state index is -4.35. The number of aromatic nitrogens is 2. The molecule has 1 amide bonds. The van der Waals surface area contributed by atoms with Crippen LogP contribution in [0.1, 0.15) is 17.0 Å². The van der Waals surface area contributed by atoms with Crippen molar-refractivity contribution in [2.45, 2.75) is 19.2 Å². The predicted octanol–water partition coefficient (Wildman–Crippen LogP) is 3.19. The number of nitrogens with two attached hydrogens (primary N) is 1. The van der Waals surface area contributed by atoms with E-state index >= 15 is 0 Å². The molecular formula is C17H14F3N3O2. The summed E-state index contributed by atoms with van der Waals surface area (Å²) in [4.78, 5) is 18.1. The summed E-state index contributed by atoms with van der Waals surface area (Å²) in [6, 6.07) is 9.92. The van der Waals surface area contributed by atoms with Gasteiger partial charge in [-0.3, -0.25) is 4.79 Å². The number of fused-ring (bicyclic) bond motifs is 1. The molecule has 0 saturated heterocycles. The fraction of sp³-hybridized carbons (Fsp3) is 0.176. The molecular weight excluding hydrogens is 335 g/mol. The Morgan fingerprint density at radius 3 is 2.52 bits per heavy atom. The first-order chi connectivity index (χ1) is 11.8. The Morgan fingerprint density at radius 1 is 1.16 bits per heavy atom. The van der Waals surface area contributed by atoms with E-state index in [1.165, 1.54) is 12.1 Å². The second-order valence-electron chi connectivity index (χ2n) is 5.49. The molecule has 0 unspecified atom stereocenters. The molecule has 0 aliphatic heterocycles. The summed E-state index contributed by atoms with van der Waals surface area (Å²) in [5, 5.41) is 0. The number of ether oxygens (including phenoxy) is 1. The van der Waals surface area contributed by atoms with E-state index in [0.717, 1.165) is 12.1 Å². The van der Waals surface area contributed by atoms with Gasteiger partial charge < -0.3 is 15.5 Å². The number of halogens is 3. The summed E-state index contributed by atoms with van der Waals surface area (Å²) in [7, 11) is 0. The lowest BCUT2D eigenvalue weighted by Gasteiger charge is -2.09. The van der Waals surface area contributed by atoms with E-state index in [1.54, 1.807) is 18.2 Å². The van der Waals surface area contributed by atoms with E-state index < -0.39 is 17.6 Å². The molecule has 1 heterocycles. The predicted molar refractivity (Wildman–Crippen MR) is 84.8 cm³/mol. The Bertz CT molecular complexity index is 902. The Kier molecular flexibility index (Phi) is 4.35. The van der Waals surface area contributed by atoms with Gasteiger partial charge in [-0.05, 0) is 29.8 Å². The van der Waals surface area contributed by atoms with Crippen molar-refractivity contribution in [3.8, 4) is 5.75 Å². The maximum atomic E-state index is 12.5. The van der Waals surface area contributed by atoms with Crippen LogP contribution in [0.5, 0.6) is 5.75 Å². The van der Waals surface area contributed by atoms with Gasteiger partial charge in [0, 0.05) is 6.07 Å². The molecule has 8 heteroatoms. The molecule has 0 saturated carbocycles. The van der Waals surface area contributed by atoms with Crippen LogP contribution in [0.4, 0.5) is 13.2 Å². The first kappa shape index (κ1) is 16.8. The number of imidazole rings is 1. The Balaban J connectivity index is 1.69. The minimum absolute atomic E-state index is 0.0103. The Labute approximate surface area is 140 Å². The van der Waals surface area contributed by atoms with Gasteiger partial charge in [-0.25, -0.2) is 4.98 Å². The molecule has 0 spiro atoms. The van der Waals surface area contributed by atoms with Crippen molar-refractivity contribution in [3.63, 3.8) is 0 Å². The Morgan fingerprint density at radius 2 is 1.88 bits per heavy atom. The molecule has 3 N–H and O–H groups in total. The maximum absolute atomic E-state index is 12.5. The fourth-order valence-corrected chi connectivity index (χ4v) is 2.34. The van der Waals surface area contributed by atoms with Crippen LogP contribution in [0, 0.1) is 0 Å². The number of nitrogens with one attached hydrogen (secondary N) is 1. The number of carbonyl (C=O) groups is 1. The van der Waals surface area contributed by atoms with E-state index in [9.17, 15) is 18.0 Å². The normalized spacial score (nSPS) is 11.6. The van der Waals surface area contributed by atoms with Crippen LogP contribution in [0.15, 0.2) is 42.5 Å². The topological polar surface area (TPSA) is 81.0 Å². The third-order valence-electron chi connectivity index (χ3n) is 3.53. The van der Waals surface area contributed by atoms with Crippen LogP contribution in [0.25, 0.3) is 11.0 Å². The highest BCUT2D eigenvalue weighted by Crippen LogP contribution is 2.29. The number of hydrogen-bond donors (Lipinski definition) is 2. The van der Waals surface area contributed by atoms with Crippen molar-refractivity contribution in [2.24, 2.45) is 5.73 Å². The van der Waals surface area contributed by atoms with Gasteiger partial charge in [0.25, 0.3) is 0 Å². The van der Waals surface area contributed by atoms with Crippen molar-refractivity contribution in [1.29, 1.82) is 0 Å². The van der Waals surface area contributed by atoms with Gasteiger partial charge in [0.1, 0.15) is 18.2 Å². The zero-order chi connectivity index (χ0) is 18.0. The highest BCUT2D eigenvalue weighted by molar-refractivity contribution is 5.80. The average Bonchev–Trinajstić information content (AvgIpc) is 2.93. The van der Waals surface area contributed by atoms with Gasteiger partial charge in [0.2, 0.25) is 5.91 Å². The summed E-state index contributed by atoms with van der Waals surface area (Å²) in [6.45, 7) is 0.131. The summed E-state index contributed by atoms with van der Waals surface area (Å²) in [6.07, 6.45) is -4.34. The number of benzene rings is 2. The summed E-state index contributed by atoms with van der Waals surface area (Å²) >= 11 is 0. The number of primary amides is 1. The third-order valence-corrected chi connectivity index (χ3v) is 3.53. The molecule has 3 rings (SSSR count). The van der Waals surface area contributed by atoms with Gasteiger partial charge in [-0.2, -0.15) is 13.2 Å². The van der Waals surface area contributed by atoms with Crippen LogP contribution in [0.2, 0.25) is 0 Å².